The summed E-state index contributed by atoms with van der Waals surface area (Å²) in [4.78, 5) is 11.7. The molecule has 0 radical (unpaired) electrons. The van der Waals surface area contributed by atoms with Crippen LogP contribution < -0.4 is 10.0 Å². The number of rotatable bonds is 7. The zero-order valence-corrected chi connectivity index (χ0v) is 14.8. The summed E-state index contributed by atoms with van der Waals surface area (Å²) in [5.41, 5.74) is 0.840. The van der Waals surface area contributed by atoms with E-state index in [2.05, 4.69) is 26.0 Å². The van der Waals surface area contributed by atoms with E-state index in [9.17, 15) is 13.2 Å². The van der Waals surface area contributed by atoms with E-state index < -0.39 is 10.0 Å². The van der Waals surface area contributed by atoms with Crippen molar-refractivity contribution < 1.29 is 13.2 Å². The first-order valence-corrected chi connectivity index (χ1v) is 9.02. The van der Waals surface area contributed by atoms with Crippen LogP contribution in [-0.2, 0) is 14.8 Å². The van der Waals surface area contributed by atoms with E-state index in [4.69, 9.17) is 0 Å². The molecule has 0 aromatic heterocycles. The molecule has 0 aliphatic rings. The smallest absolute Gasteiger partial charge is 0.240 e. The van der Waals surface area contributed by atoms with Gasteiger partial charge in [-0.1, -0.05) is 29.8 Å². The fraction of sp³-hybridized carbons (Fsp3) is 0.500. The second-order valence-electron chi connectivity index (χ2n) is 5.26. The Balaban J connectivity index is 2.53. The van der Waals surface area contributed by atoms with Gasteiger partial charge in [0.1, 0.15) is 0 Å². The number of hydrogen-bond acceptors (Lipinski definition) is 3. The summed E-state index contributed by atoms with van der Waals surface area (Å²) in [6.45, 7) is 6.50. The molecule has 0 saturated heterocycles. The number of nitrogens with one attached hydrogen (secondary N) is 2. The molecule has 0 spiro atoms. The van der Waals surface area contributed by atoms with Gasteiger partial charge in [-0.15, -0.1) is 0 Å². The number of hydrogen-bond donors (Lipinski definition) is 2. The van der Waals surface area contributed by atoms with E-state index in [0.717, 1.165) is 10.0 Å². The third-order valence-corrected chi connectivity index (χ3v) is 5.14. The van der Waals surface area contributed by atoms with Crippen molar-refractivity contribution in [1.82, 2.24) is 10.0 Å². The van der Waals surface area contributed by atoms with Crippen molar-refractivity contribution in [2.24, 2.45) is 5.92 Å². The minimum absolute atomic E-state index is 0.0847. The molecule has 1 rings (SSSR count). The summed E-state index contributed by atoms with van der Waals surface area (Å²) < 4.78 is 27.5. The molecule has 2 N–H and O–H groups in total. The molecule has 118 valence electrons. The predicted molar refractivity (Wildman–Crippen MR) is 86.5 cm³/mol. The fourth-order valence-corrected chi connectivity index (χ4v) is 2.94. The van der Waals surface area contributed by atoms with Gasteiger partial charge in [0.25, 0.3) is 0 Å². The van der Waals surface area contributed by atoms with E-state index in [-0.39, 0.29) is 23.8 Å². The Bertz CT molecular complexity index is 600. The Morgan fingerprint density at radius 3 is 2.57 bits per heavy atom. The van der Waals surface area contributed by atoms with Crippen LogP contribution in [0.25, 0.3) is 0 Å². The summed E-state index contributed by atoms with van der Waals surface area (Å²) in [5, 5.41) is 2.74. The molecular weight excluding hydrogens is 356 g/mol. The molecule has 0 aliphatic carbocycles. The zero-order valence-electron chi connectivity index (χ0n) is 12.4. The molecule has 5 nitrogen and oxygen atoms in total. The molecular formula is C14H21BrN2O3S. The second-order valence-corrected chi connectivity index (χ2v) is 7.88. The van der Waals surface area contributed by atoms with Crippen LogP contribution in [0.4, 0.5) is 0 Å². The lowest BCUT2D eigenvalue weighted by molar-refractivity contribution is -0.121. The highest BCUT2D eigenvalue weighted by molar-refractivity contribution is 9.10. The number of carbonyl (C=O) groups is 1. The van der Waals surface area contributed by atoms with Crippen molar-refractivity contribution in [1.29, 1.82) is 0 Å². The molecule has 21 heavy (non-hydrogen) atoms. The summed E-state index contributed by atoms with van der Waals surface area (Å²) in [6.07, 6.45) is 0.126. The quantitative estimate of drug-likeness (QED) is 0.765. The van der Waals surface area contributed by atoms with E-state index in [1.807, 2.05) is 20.8 Å². The Labute approximate surface area is 134 Å². The maximum atomic E-state index is 12.1. The lowest BCUT2D eigenvalue weighted by Gasteiger charge is -2.09. The summed E-state index contributed by atoms with van der Waals surface area (Å²) in [7, 11) is -3.58. The van der Waals surface area contributed by atoms with Crippen LogP contribution in [0.2, 0.25) is 0 Å². The van der Waals surface area contributed by atoms with Gasteiger partial charge in [0, 0.05) is 24.0 Å². The van der Waals surface area contributed by atoms with Gasteiger partial charge in [-0.05, 0) is 36.6 Å². The van der Waals surface area contributed by atoms with Crippen molar-refractivity contribution in [3.63, 3.8) is 0 Å². The van der Waals surface area contributed by atoms with E-state index in [1.165, 1.54) is 6.07 Å². The van der Waals surface area contributed by atoms with Gasteiger partial charge < -0.3 is 5.32 Å². The maximum Gasteiger partial charge on any atom is 0.240 e. The van der Waals surface area contributed by atoms with Crippen molar-refractivity contribution in [3.05, 3.63) is 28.2 Å². The number of amides is 1. The third kappa shape index (κ3) is 6.15. The molecule has 0 fully saturated rings. The van der Waals surface area contributed by atoms with Crippen LogP contribution in [0.5, 0.6) is 0 Å². The Morgan fingerprint density at radius 2 is 2.00 bits per heavy atom. The van der Waals surface area contributed by atoms with Gasteiger partial charge in [0.15, 0.2) is 0 Å². The standard InChI is InChI=1S/C14H21BrN2O3S/c1-10(2)9-16-14(18)6-7-17-21(19,20)12-4-5-13(15)11(3)8-12/h4-5,8,10,17H,6-7,9H2,1-3H3,(H,16,18). The summed E-state index contributed by atoms with van der Waals surface area (Å²) in [5.74, 6) is 0.217. The van der Waals surface area contributed by atoms with Crippen LogP contribution in [0.3, 0.4) is 0 Å². The molecule has 0 aliphatic heterocycles. The minimum Gasteiger partial charge on any atom is -0.356 e. The highest BCUT2D eigenvalue weighted by Gasteiger charge is 2.15. The van der Waals surface area contributed by atoms with E-state index in [0.29, 0.717) is 12.5 Å². The fourth-order valence-electron chi connectivity index (χ4n) is 1.57. The van der Waals surface area contributed by atoms with Gasteiger partial charge in [0.05, 0.1) is 4.90 Å². The maximum absolute atomic E-state index is 12.1. The lowest BCUT2D eigenvalue weighted by atomic mass is 10.2. The van der Waals surface area contributed by atoms with E-state index >= 15 is 0 Å². The van der Waals surface area contributed by atoms with Crippen LogP contribution in [0, 0.1) is 12.8 Å². The van der Waals surface area contributed by atoms with Gasteiger partial charge in [-0.25, -0.2) is 13.1 Å². The van der Waals surface area contributed by atoms with Crippen LogP contribution in [0.1, 0.15) is 25.8 Å². The van der Waals surface area contributed by atoms with Gasteiger partial charge in [-0.2, -0.15) is 0 Å². The molecule has 1 aromatic rings. The van der Waals surface area contributed by atoms with E-state index in [1.54, 1.807) is 12.1 Å². The monoisotopic (exact) mass is 376 g/mol. The van der Waals surface area contributed by atoms with Gasteiger partial charge in [-0.3, -0.25) is 4.79 Å². The lowest BCUT2D eigenvalue weighted by Crippen LogP contribution is -2.32. The highest BCUT2D eigenvalue weighted by atomic mass is 79.9. The average Bonchev–Trinajstić information content (AvgIpc) is 2.39. The third-order valence-electron chi connectivity index (χ3n) is 2.79. The Hall–Kier alpha value is -0.920. The van der Waals surface area contributed by atoms with Crippen molar-refractivity contribution in [2.75, 3.05) is 13.1 Å². The molecule has 7 heteroatoms. The molecule has 0 bridgehead atoms. The van der Waals surface area contributed by atoms with Crippen LogP contribution in [-0.4, -0.2) is 27.4 Å². The topological polar surface area (TPSA) is 75.3 Å². The Morgan fingerprint density at radius 1 is 1.33 bits per heavy atom. The molecule has 0 atom stereocenters. The average molecular weight is 377 g/mol. The molecule has 0 unspecified atom stereocenters. The van der Waals surface area contributed by atoms with Gasteiger partial charge in [0.2, 0.25) is 15.9 Å². The summed E-state index contributed by atoms with van der Waals surface area (Å²) in [6, 6.07) is 4.81. The minimum atomic E-state index is -3.58. The second kappa shape index (κ2) is 7.91. The van der Waals surface area contributed by atoms with Crippen molar-refractivity contribution in [3.8, 4) is 0 Å². The van der Waals surface area contributed by atoms with Crippen molar-refractivity contribution >= 4 is 31.9 Å². The molecule has 1 amide bonds. The number of carbonyl (C=O) groups excluding carboxylic acids is 1. The first kappa shape index (κ1) is 18.1. The number of sulfonamides is 1. The highest BCUT2D eigenvalue weighted by Crippen LogP contribution is 2.19. The number of aryl methyl sites for hydroxylation is 1. The van der Waals surface area contributed by atoms with Crippen LogP contribution in [0.15, 0.2) is 27.6 Å². The Kier molecular flexibility index (Phi) is 6.83. The normalized spacial score (nSPS) is 11.7. The van der Waals surface area contributed by atoms with Gasteiger partial charge >= 0.3 is 0 Å². The SMILES string of the molecule is Cc1cc(S(=O)(=O)NCCC(=O)NCC(C)C)ccc1Br. The largest absolute Gasteiger partial charge is 0.356 e. The number of benzene rings is 1. The molecule has 0 saturated carbocycles. The zero-order chi connectivity index (χ0) is 16.0. The number of halogens is 1. The van der Waals surface area contributed by atoms with Crippen LogP contribution >= 0.6 is 15.9 Å². The molecule has 0 heterocycles. The summed E-state index contributed by atoms with van der Waals surface area (Å²) >= 11 is 3.33. The first-order chi connectivity index (χ1) is 9.72. The van der Waals surface area contributed by atoms with Crippen molar-refractivity contribution in [2.45, 2.75) is 32.1 Å². The molecule has 1 aromatic carbocycles. The predicted octanol–water partition coefficient (Wildman–Crippen LogP) is 2.20. The first-order valence-electron chi connectivity index (χ1n) is 6.75.